The predicted molar refractivity (Wildman–Crippen MR) is 153 cm³/mol. The minimum absolute atomic E-state index is 0. The summed E-state index contributed by atoms with van der Waals surface area (Å²) in [7, 11) is 0. The number of ether oxygens (including phenoxy) is 1. The molecule has 0 radical (unpaired) electrons. The van der Waals surface area contributed by atoms with Crippen LogP contribution in [0, 0.1) is 13.3 Å². The van der Waals surface area contributed by atoms with Crippen LogP contribution in [0.25, 0.3) is 11.1 Å². The summed E-state index contributed by atoms with van der Waals surface area (Å²) in [6, 6.07) is 26.1. The number of aryl methyl sites for hydroxylation is 1. The monoisotopic (exact) mass is 548 g/mol. The van der Waals surface area contributed by atoms with Crippen molar-refractivity contribution in [2.24, 2.45) is 0 Å². The third-order valence-electron chi connectivity index (χ3n) is 5.88. The Morgan fingerprint density at radius 2 is 1.74 bits per heavy atom. The molecule has 0 atom stereocenters. The quantitative estimate of drug-likeness (QED) is 0.268. The summed E-state index contributed by atoms with van der Waals surface area (Å²) < 4.78 is 5.76. The van der Waals surface area contributed by atoms with Gasteiger partial charge in [0, 0.05) is 5.75 Å². The van der Waals surface area contributed by atoms with Crippen LogP contribution in [0.5, 0.6) is 5.75 Å². The largest absolute Gasteiger partial charge is 1.00 e. The van der Waals surface area contributed by atoms with Gasteiger partial charge in [-0.2, -0.15) is 24.1 Å². The second-order valence-electron chi connectivity index (χ2n) is 8.35. The predicted octanol–water partition coefficient (Wildman–Crippen LogP) is 5.14. The van der Waals surface area contributed by atoms with Crippen molar-refractivity contribution >= 4 is 23.9 Å². The number of carbonyl (C=O) groups is 1. The van der Waals surface area contributed by atoms with E-state index in [4.69, 9.17) is 16.3 Å². The van der Waals surface area contributed by atoms with Gasteiger partial charge in [0.15, 0.2) is 0 Å². The Labute approximate surface area is 258 Å². The molecule has 4 aromatic rings. The first-order chi connectivity index (χ1) is 18.4. The number of rotatable bonds is 6. The summed E-state index contributed by atoms with van der Waals surface area (Å²) in [4.78, 5) is 22.0. The maximum atomic E-state index is 11.3. The fourth-order valence-electron chi connectivity index (χ4n) is 3.98. The molecule has 1 aliphatic carbocycles. The van der Waals surface area contributed by atoms with Crippen LogP contribution < -0.4 is 34.3 Å². The number of halogens is 1. The molecule has 0 aliphatic heterocycles. The van der Waals surface area contributed by atoms with Crippen molar-refractivity contribution in [3.63, 3.8) is 0 Å². The van der Waals surface area contributed by atoms with Crippen molar-refractivity contribution < 1.29 is 49.0 Å². The van der Waals surface area contributed by atoms with E-state index in [2.05, 4.69) is 37.6 Å². The number of aromatic carboxylic acids is 1. The van der Waals surface area contributed by atoms with Crippen LogP contribution in [0.3, 0.4) is 0 Å². The molecule has 1 aliphatic rings. The van der Waals surface area contributed by atoms with Crippen molar-refractivity contribution in [2.75, 3.05) is 0 Å². The summed E-state index contributed by atoms with van der Waals surface area (Å²) in [6.45, 7) is 8.11. The second-order valence-corrected chi connectivity index (χ2v) is 8.76. The average Bonchev–Trinajstić information content (AvgIpc) is 3.43. The molecule has 0 spiro atoms. The smallest absolute Gasteiger partial charge is 0.504 e. The molecule has 4 aromatic carbocycles. The van der Waals surface area contributed by atoms with E-state index in [0.717, 1.165) is 16.7 Å². The molecule has 0 aromatic heterocycles. The normalized spacial score (nSPS) is 10.7. The van der Waals surface area contributed by atoms with Gasteiger partial charge in [0.05, 0.1) is 10.6 Å². The van der Waals surface area contributed by atoms with Crippen molar-refractivity contribution in [1.82, 2.24) is 0 Å². The Hall–Kier alpha value is -3.15. The van der Waals surface area contributed by atoms with Crippen LogP contribution in [-0.2, 0) is 17.8 Å². The van der Waals surface area contributed by atoms with Crippen molar-refractivity contribution in [3.8, 4) is 16.9 Å². The zero-order valence-corrected chi connectivity index (χ0v) is 25.3. The van der Waals surface area contributed by atoms with Gasteiger partial charge < -0.3 is 14.6 Å². The molecular formula is C33H30ClNaO4-2. The number of carboxylic acids is 1. The van der Waals surface area contributed by atoms with E-state index in [1.165, 1.54) is 24.0 Å². The van der Waals surface area contributed by atoms with Crippen LogP contribution in [0.4, 0.5) is 0 Å². The molecule has 1 N–H and O–H groups in total. The van der Waals surface area contributed by atoms with Crippen LogP contribution in [0.2, 0.25) is 5.02 Å². The van der Waals surface area contributed by atoms with E-state index in [1.807, 2.05) is 44.4 Å². The molecule has 0 saturated heterocycles. The summed E-state index contributed by atoms with van der Waals surface area (Å²) in [5.41, 5.74) is 6.50. The average molecular weight is 549 g/mol. The minimum Gasteiger partial charge on any atom is -0.504 e. The zero-order chi connectivity index (χ0) is 27.5. The van der Waals surface area contributed by atoms with E-state index in [1.54, 1.807) is 36.4 Å². The molecule has 0 fully saturated rings. The molecule has 0 amide bonds. The third-order valence-corrected chi connectivity index (χ3v) is 6.21. The van der Waals surface area contributed by atoms with E-state index >= 15 is 0 Å². The summed E-state index contributed by atoms with van der Waals surface area (Å²) >= 11 is 5.93. The van der Waals surface area contributed by atoms with Crippen LogP contribution in [0.15, 0.2) is 84.9 Å². The Kier molecular flexibility index (Phi) is 13.2. The van der Waals surface area contributed by atoms with Crippen molar-refractivity contribution in [1.29, 1.82) is 0 Å². The molecule has 0 unspecified atom stereocenters. The number of benzene rings is 4. The molecule has 39 heavy (non-hydrogen) atoms. The maximum Gasteiger partial charge on any atom is 1.00 e. The van der Waals surface area contributed by atoms with Gasteiger partial charge in [-0.15, -0.1) is 23.8 Å². The van der Waals surface area contributed by atoms with Crippen molar-refractivity contribution in [2.45, 2.75) is 33.3 Å². The standard InChI is InChI=1S/C22H15ClO4.C9H9.C2H6.Na/c1-14-9-19(7-5-18(14)12-24)27-13-15-3-2-4-16(10-15)17-6-8-21(23)20(11-17)22(25)26;1-2-5-9-7-3-6-8(9)4-1;1-2;/h2-11H,1,13H2,(H,25,26);1-2,4-6H,3,7H2;1-2H3;/q-2;-1;;+1. The Bertz CT molecular complexity index is 1380. The van der Waals surface area contributed by atoms with Crippen LogP contribution in [-0.4, -0.2) is 17.4 Å². The maximum absolute atomic E-state index is 11.3. The van der Waals surface area contributed by atoms with Gasteiger partial charge in [0.1, 0.15) is 6.61 Å². The number of carbonyl (C=O) groups excluding carboxylic acids is 1. The van der Waals surface area contributed by atoms with E-state index in [9.17, 15) is 14.7 Å². The van der Waals surface area contributed by atoms with Gasteiger partial charge in [0.25, 0.3) is 0 Å². The molecular weight excluding hydrogens is 519 g/mol. The van der Waals surface area contributed by atoms with Gasteiger partial charge in [-0.25, -0.2) is 10.9 Å². The van der Waals surface area contributed by atoms with Gasteiger partial charge >= 0.3 is 35.5 Å². The SMILES string of the molecule is CC.[CH2-]c1cc(OCc2cccc(-c3ccc(Cl)c(C(=O)O)c3)c2)ccc1[C-]=O.[Na+].c1ccc2c(c1)[CH-]CC2. The molecule has 6 heteroatoms. The third kappa shape index (κ3) is 8.94. The van der Waals surface area contributed by atoms with E-state index in [0.29, 0.717) is 23.5 Å². The number of fused-ring (bicyclic) bond motifs is 1. The van der Waals surface area contributed by atoms with Crippen LogP contribution >= 0.6 is 11.6 Å². The molecule has 0 bridgehead atoms. The molecule has 4 nitrogen and oxygen atoms in total. The fourth-order valence-corrected chi connectivity index (χ4v) is 4.18. The minimum atomic E-state index is -1.07. The van der Waals surface area contributed by atoms with Gasteiger partial charge in [-0.3, -0.25) is 18.1 Å². The first-order valence-electron chi connectivity index (χ1n) is 12.4. The molecule has 0 heterocycles. The fraction of sp³-hybridized carbons (Fsp3) is 0.152. The molecule has 196 valence electrons. The Balaban J connectivity index is 0.000000370. The molecule has 0 saturated carbocycles. The number of carboxylic acid groups (broad SMARTS) is 1. The van der Waals surface area contributed by atoms with Gasteiger partial charge in [-0.1, -0.05) is 68.6 Å². The number of hydrogen-bond donors (Lipinski definition) is 1. The van der Waals surface area contributed by atoms with E-state index < -0.39 is 5.97 Å². The first-order valence-corrected chi connectivity index (χ1v) is 12.8. The Morgan fingerprint density at radius 3 is 2.44 bits per heavy atom. The summed E-state index contributed by atoms with van der Waals surface area (Å²) in [6.07, 6.45) is 6.60. The molecule has 5 rings (SSSR count). The van der Waals surface area contributed by atoms with Crippen LogP contribution in [0.1, 0.15) is 58.4 Å². The van der Waals surface area contributed by atoms with Gasteiger partial charge in [-0.05, 0) is 41.2 Å². The Morgan fingerprint density at radius 1 is 1.00 bits per heavy atom. The summed E-state index contributed by atoms with van der Waals surface area (Å²) in [5, 5.41) is 9.43. The second kappa shape index (κ2) is 16.1. The topological polar surface area (TPSA) is 63.6 Å². The van der Waals surface area contributed by atoms with Gasteiger partial charge in [0.2, 0.25) is 0 Å². The summed E-state index contributed by atoms with van der Waals surface area (Å²) in [5.74, 6) is -0.467. The first kappa shape index (κ1) is 32.1. The number of hydrogen-bond acceptors (Lipinski definition) is 3. The van der Waals surface area contributed by atoms with Crippen molar-refractivity contribution in [3.05, 3.63) is 137 Å². The zero-order valence-electron chi connectivity index (χ0n) is 22.5. The van der Waals surface area contributed by atoms with E-state index in [-0.39, 0.29) is 40.1 Å².